The van der Waals surface area contributed by atoms with Gasteiger partial charge in [-0.25, -0.2) is 0 Å². The van der Waals surface area contributed by atoms with Crippen LogP contribution in [0, 0.1) is 19.8 Å². The molecule has 116 valence electrons. The number of ether oxygens (including phenoxy) is 1. The van der Waals surface area contributed by atoms with Gasteiger partial charge in [0.25, 0.3) is 0 Å². The number of carbonyl (C=O) groups excluding carboxylic acids is 1. The zero-order valence-electron chi connectivity index (χ0n) is 13.6. The van der Waals surface area contributed by atoms with Crippen molar-refractivity contribution in [2.75, 3.05) is 14.2 Å². The fourth-order valence-corrected chi connectivity index (χ4v) is 3.19. The van der Waals surface area contributed by atoms with Crippen LogP contribution >= 0.6 is 0 Å². The molecule has 4 heteroatoms. The predicted molar refractivity (Wildman–Crippen MR) is 83.3 cm³/mol. The zero-order chi connectivity index (χ0) is 15.4. The van der Waals surface area contributed by atoms with E-state index in [9.17, 15) is 4.79 Å². The van der Waals surface area contributed by atoms with Gasteiger partial charge in [0, 0.05) is 30.3 Å². The van der Waals surface area contributed by atoms with Gasteiger partial charge in [-0.2, -0.15) is 0 Å². The number of aryl methyl sites for hydroxylation is 1. The van der Waals surface area contributed by atoms with E-state index in [0.717, 1.165) is 35.4 Å². The number of pyridine rings is 1. The number of methoxy groups -OCH3 is 1. The van der Waals surface area contributed by atoms with Crippen molar-refractivity contribution in [1.82, 2.24) is 9.88 Å². The molecule has 0 bridgehead atoms. The molecule has 1 aliphatic carbocycles. The molecule has 0 atom stereocenters. The number of amides is 1. The number of hydrogen-bond donors (Lipinski definition) is 0. The second-order valence-electron chi connectivity index (χ2n) is 6.08. The maximum absolute atomic E-state index is 12.5. The van der Waals surface area contributed by atoms with Crippen molar-refractivity contribution in [3.63, 3.8) is 0 Å². The Kier molecular flexibility index (Phi) is 5.21. The number of carbonyl (C=O) groups is 1. The Morgan fingerprint density at radius 3 is 2.62 bits per heavy atom. The van der Waals surface area contributed by atoms with E-state index < -0.39 is 0 Å². The normalized spacial score (nSPS) is 15.8. The molecule has 2 rings (SSSR count). The first-order valence-electron chi connectivity index (χ1n) is 7.78. The lowest BCUT2D eigenvalue weighted by atomic mass is 9.88. The maximum Gasteiger partial charge on any atom is 0.225 e. The quantitative estimate of drug-likeness (QED) is 0.855. The Hall–Kier alpha value is -1.58. The van der Waals surface area contributed by atoms with E-state index >= 15 is 0 Å². The van der Waals surface area contributed by atoms with Crippen molar-refractivity contribution in [2.24, 2.45) is 5.92 Å². The van der Waals surface area contributed by atoms with Gasteiger partial charge in [-0.1, -0.05) is 19.3 Å². The Labute approximate surface area is 127 Å². The van der Waals surface area contributed by atoms with Crippen LogP contribution in [-0.2, 0) is 11.3 Å². The fraction of sp³-hybridized carbons (Fsp3) is 0.647. The molecule has 1 fully saturated rings. The molecule has 0 aliphatic heterocycles. The van der Waals surface area contributed by atoms with Crippen LogP contribution in [0.5, 0.6) is 5.75 Å². The summed E-state index contributed by atoms with van der Waals surface area (Å²) in [4.78, 5) is 18.8. The van der Waals surface area contributed by atoms with E-state index in [2.05, 4.69) is 4.98 Å². The SMILES string of the molecule is COc1c(C)cnc(CN(C)C(=O)C2CCCCC2)c1C. The predicted octanol–water partition coefficient (Wildman–Crippen LogP) is 3.25. The van der Waals surface area contributed by atoms with E-state index in [1.165, 1.54) is 19.3 Å². The largest absolute Gasteiger partial charge is 0.496 e. The highest BCUT2D eigenvalue weighted by atomic mass is 16.5. The molecule has 0 saturated heterocycles. The summed E-state index contributed by atoms with van der Waals surface area (Å²) in [5, 5.41) is 0. The Morgan fingerprint density at radius 1 is 1.33 bits per heavy atom. The van der Waals surface area contributed by atoms with Gasteiger partial charge in [0.15, 0.2) is 0 Å². The lowest BCUT2D eigenvalue weighted by molar-refractivity contribution is -0.135. The second-order valence-corrected chi connectivity index (χ2v) is 6.08. The van der Waals surface area contributed by atoms with Crippen molar-refractivity contribution < 1.29 is 9.53 Å². The van der Waals surface area contributed by atoms with Gasteiger partial charge in [-0.3, -0.25) is 9.78 Å². The molecule has 1 amide bonds. The molecule has 0 radical (unpaired) electrons. The lowest BCUT2D eigenvalue weighted by Gasteiger charge is -2.26. The number of rotatable bonds is 4. The summed E-state index contributed by atoms with van der Waals surface area (Å²) in [6, 6.07) is 0. The van der Waals surface area contributed by atoms with Crippen LogP contribution in [0.4, 0.5) is 0 Å². The first-order valence-corrected chi connectivity index (χ1v) is 7.78. The van der Waals surface area contributed by atoms with Crippen LogP contribution in [0.2, 0.25) is 0 Å². The highest BCUT2D eigenvalue weighted by molar-refractivity contribution is 5.78. The molecule has 0 aromatic carbocycles. The third kappa shape index (κ3) is 3.55. The molecule has 0 unspecified atom stereocenters. The van der Waals surface area contributed by atoms with Crippen LogP contribution in [-0.4, -0.2) is 29.9 Å². The van der Waals surface area contributed by atoms with Crippen molar-refractivity contribution >= 4 is 5.91 Å². The van der Waals surface area contributed by atoms with Crippen LogP contribution < -0.4 is 4.74 Å². The molecule has 1 aromatic rings. The van der Waals surface area contributed by atoms with E-state index in [4.69, 9.17) is 4.74 Å². The minimum atomic E-state index is 0.205. The van der Waals surface area contributed by atoms with Crippen LogP contribution in [0.1, 0.15) is 48.9 Å². The Balaban J connectivity index is 2.08. The van der Waals surface area contributed by atoms with E-state index in [1.54, 1.807) is 7.11 Å². The summed E-state index contributed by atoms with van der Waals surface area (Å²) in [5.74, 6) is 1.34. The molecule has 0 spiro atoms. The Bertz CT molecular complexity index is 508. The van der Waals surface area contributed by atoms with E-state index in [0.29, 0.717) is 6.54 Å². The van der Waals surface area contributed by atoms with Gasteiger partial charge < -0.3 is 9.64 Å². The first-order chi connectivity index (χ1) is 10.0. The van der Waals surface area contributed by atoms with Gasteiger partial charge in [-0.05, 0) is 26.7 Å². The summed E-state index contributed by atoms with van der Waals surface area (Å²) in [6.45, 7) is 4.55. The third-order valence-corrected chi connectivity index (χ3v) is 4.47. The molecule has 21 heavy (non-hydrogen) atoms. The number of nitrogens with zero attached hydrogens (tertiary/aromatic N) is 2. The molecular weight excluding hydrogens is 264 g/mol. The van der Waals surface area contributed by atoms with E-state index in [-0.39, 0.29) is 11.8 Å². The van der Waals surface area contributed by atoms with Crippen LogP contribution in [0.3, 0.4) is 0 Å². The van der Waals surface area contributed by atoms with E-state index in [1.807, 2.05) is 32.0 Å². The summed E-state index contributed by atoms with van der Waals surface area (Å²) in [7, 11) is 3.56. The van der Waals surface area contributed by atoms with Crippen LogP contribution in [0.15, 0.2) is 6.20 Å². The zero-order valence-corrected chi connectivity index (χ0v) is 13.6. The first kappa shape index (κ1) is 15.8. The van der Waals surface area contributed by atoms with Crippen molar-refractivity contribution in [2.45, 2.75) is 52.5 Å². The Morgan fingerprint density at radius 2 is 2.00 bits per heavy atom. The molecule has 1 saturated carbocycles. The summed E-state index contributed by atoms with van der Waals surface area (Å²) in [5.41, 5.74) is 2.98. The molecule has 1 aromatic heterocycles. The second kappa shape index (κ2) is 6.92. The summed E-state index contributed by atoms with van der Waals surface area (Å²) >= 11 is 0. The number of hydrogen-bond acceptors (Lipinski definition) is 3. The van der Waals surface area contributed by atoms with Crippen LogP contribution in [0.25, 0.3) is 0 Å². The molecule has 4 nitrogen and oxygen atoms in total. The standard InChI is InChI=1S/C17H26N2O2/c1-12-10-18-15(13(2)16(12)21-4)11-19(3)17(20)14-8-6-5-7-9-14/h10,14H,5-9,11H2,1-4H3. The average Bonchev–Trinajstić information content (AvgIpc) is 2.50. The average molecular weight is 290 g/mol. The maximum atomic E-state index is 12.5. The van der Waals surface area contributed by atoms with Gasteiger partial charge in [0.05, 0.1) is 19.3 Å². The minimum absolute atomic E-state index is 0.205. The fourth-order valence-electron chi connectivity index (χ4n) is 3.19. The van der Waals surface area contributed by atoms with Crippen molar-refractivity contribution in [3.8, 4) is 5.75 Å². The third-order valence-electron chi connectivity index (χ3n) is 4.47. The van der Waals surface area contributed by atoms with Crippen molar-refractivity contribution in [3.05, 3.63) is 23.0 Å². The number of aromatic nitrogens is 1. The van der Waals surface area contributed by atoms with Gasteiger partial charge in [0.1, 0.15) is 5.75 Å². The van der Waals surface area contributed by atoms with Gasteiger partial charge in [0.2, 0.25) is 5.91 Å². The molecule has 1 aliphatic rings. The molecule has 1 heterocycles. The minimum Gasteiger partial charge on any atom is -0.496 e. The van der Waals surface area contributed by atoms with Gasteiger partial charge in [-0.15, -0.1) is 0 Å². The topological polar surface area (TPSA) is 42.4 Å². The summed E-state index contributed by atoms with van der Waals surface area (Å²) < 4.78 is 5.43. The highest BCUT2D eigenvalue weighted by Gasteiger charge is 2.24. The summed E-state index contributed by atoms with van der Waals surface area (Å²) in [6.07, 6.45) is 7.52. The molecule has 0 N–H and O–H groups in total. The van der Waals surface area contributed by atoms with Gasteiger partial charge >= 0.3 is 0 Å². The monoisotopic (exact) mass is 290 g/mol. The lowest BCUT2D eigenvalue weighted by Crippen LogP contribution is -2.34. The van der Waals surface area contributed by atoms with Crippen molar-refractivity contribution in [1.29, 1.82) is 0 Å². The molecular formula is C17H26N2O2. The smallest absolute Gasteiger partial charge is 0.225 e. The highest BCUT2D eigenvalue weighted by Crippen LogP contribution is 2.27.